The number of aromatic hydroxyl groups is 1. The molecule has 160 valence electrons. The molecule has 31 heavy (non-hydrogen) atoms. The summed E-state index contributed by atoms with van der Waals surface area (Å²) in [6.45, 7) is 2.37. The molecule has 2 N–H and O–H groups in total. The third-order valence-corrected chi connectivity index (χ3v) is 5.69. The van der Waals surface area contributed by atoms with Crippen molar-refractivity contribution in [3.05, 3.63) is 88.4 Å². The fourth-order valence-electron chi connectivity index (χ4n) is 3.83. The summed E-state index contributed by atoms with van der Waals surface area (Å²) in [5.74, 6) is 1.39. The minimum atomic E-state index is -0.358. The average molecular weight is 437 g/mol. The van der Waals surface area contributed by atoms with Gasteiger partial charge in [-0.15, -0.1) is 0 Å². The number of halogens is 1. The first kappa shape index (κ1) is 21.2. The minimum Gasteiger partial charge on any atom is -0.504 e. The van der Waals surface area contributed by atoms with Crippen LogP contribution in [0.25, 0.3) is 0 Å². The van der Waals surface area contributed by atoms with Crippen LogP contribution >= 0.6 is 11.6 Å². The number of ether oxygens (including phenoxy) is 2. The standard InChI is InChI=1S/C25H25ClN2O3/c1-3-31-23-13-7-11-19(24(23)29)22-15-21(16-8-6-9-17(14-16)30-2)27-25(28-22)18-10-4-5-12-20(18)26/h4-14,22,25,28-29H,3,15H2,1-2H3. The van der Waals surface area contributed by atoms with E-state index in [-0.39, 0.29) is 18.0 Å². The van der Waals surface area contributed by atoms with Crippen LogP contribution in [0.3, 0.4) is 0 Å². The van der Waals surface area contributed by atoms with Crippen LogP contribution in [0.15, 0.2) is 71.7 Å². The summed E-state index contributed by atoms with van der Waals surface area (Å²) in [6.07, 6.45) is 0.237. The average Bonchev–Trinajstić information content (AvgIpc) is 2.80. The highest BCUT2D eigenvalue weighted by Gasteiger charge is 2.29. The molecule has 0 radical (unpaired) electrons. The Labute approximate surface area is 187 Å². The molecule has 0 saturated heterocycles. The second-order valence-electron chi connectivity index (χ2n) is 7.28. The first-order valence-corrected chi connectivity index (χ1v) is 10.6. The molecule has 0 saturated carbocycles. The Morgan fingerprint density at radius 2 is 1.84 bits per heavy atom. The van der Waals surface area contributed by atoms with Gasteiger partial charge >= 0.3 is 0 Å². The quantitative estimate of drug-likeness (QED) is 0.522. The third kappa shape index (κ3) is 4.53. The Kier molecular flexibility index (Phi) is 6.44. The molecule has 1 aliphatic rings. The second-order valence-corrected chi connectivity index (χ2v) is 7.69. The predicted molar refractivity (Wildman–Crippen MR) is 123 cm³/mol. The topological polar surface area (TPSA) is 63.1 Å². The zero-order chi connectivity index (χ0) is 21.8. The lowest BCUT2D eigenvalue weighted by Crippen LogP contribution is -2.33. The van der Waals surface area contributed by atoms with Gasteiger partial charge < -0.3 is 14.6 Å². The smallest absolute Gasteiger partial charge is 0.162 e. The minimum absolute atomic E-state index is 0.145. The van der Waals surface area contributed by atoms with Crippen LogP contribution < -0.4 is 14.8 Å². The molecule has 2 atom stereocenters. The fourth-order valence-corrected chi connectivity index (χ4v) is 4.07. The van der Waals surface area contributed by atoms with Crippen molar-refractivity contribution in [3.8, 4) is 17.2 Å². The van der Waals surface area contributed by atoms with Crippen molar-refractivity contribution in [3.63, 3.8) is 0 Å². The van der Waals surface area contributed by atoms with E-state index in [2.05, 4.69) is 5.32 Å². The first-order chi connectivity index (χ1) is 15.1. The summed E-state index contributed by atoms with van der Waals surface area (Å²) in [7, 11) is 1.65. The van der Waals surface area contributed by atoms with Crippen LogP contribution in [0, 0.1) is 0 Å². The van der Waals surface area contributed by atoms with Gasteiger partial charge in [0.05, 0.1) is 13.7 Å². The van der Waals surface area contributed by atoms with Gasteiger partial charge in [0.15, 0.2) is 11.5 Å². The third-order valence-electron chi connectivity index (χ3n) is 5.35. The van der Waals surface area contributed by atoms with Crippen molar-refractivity contribution < 1.29 is 14.6 Å². The Morgan fingerprint density at radius 3 is 2.61 bits per heavy atom. The van der Waals surface area contributed by atoms with E-state index in [1.807, 2.05) is 67.6 Å². The van der Waals surface area contributed by atoms with Crippen molar-refractivity contribution in [2.45, 2.75) is 25.6 Å². The zero-order valence-corrected chi connectivity index (χ0v) is 18.3. The molecular formula is C25H25ClN2O3. The molecule has 3 aromatic carbocycles. The highest BCUT2D eigenvalue weighted by atomic mass is 35.5. The molecule has 1 aliphatic heterocycles. The number of aliphatic imine (C=N–C) groups is 1. The number of para-hydroxylation sites is 1. The molecule has 0 aromatic heterocycles. The summed E-state index contributed by atoms with van der Waals surface area (Å²) >= 11 is 6.49. The van der Waals surface area contributed by atoms with Crippen LogP contribution in [0.4, 0.5) is 0 Å². The Balaban J connectivity index is 1.78. The van der Waals surface area contributed by atoms with Crippen molar-refractivity contribution in [1.82, 2.24) is 5.32 Å². The molecule has 6 heteroatoms. The summed E-state index contributed by atoms with van der Waals surface area (Å²) in [6, 6.07) is 20.9. The second kappa shape index (κ2) is 9.41. The number of nitrogens with zero attached hydrogens (tertiary/aromatic N) is 1. The molecule has 2 unspecified atom stereocenters. The molecule has 0 spiro atoms. The van der Waals surface area contributed by atoms with Crippen LogP contribution in [0.1, 0.15) is 42.2 Å². The van der Waals surface area contributed by atoms with E-state index in [0.29, 0.717) is 23.8 Å². The summed E-state index contributed by atoms with van der Waals surface area (Å²) in [5, 5.41) is 15.1. The van der Waals surface area contributed by atoms with Crippen LogP contribution in [0.2, 0.25) is 5.02 Å². The molecule has 0 aliphatic carbocycles. The van der Waals surface area contributed by atoms with Gasteiger partial charge in [0, 0.05) is 34.3 Å². The molecule has 3 aromatic rings. The number of phenols is 1. The number of benzene rings is 3. The van der Waals surface area contributed by atoms with Gasteiger partial charge in [-0.3, -0.25) is 10.3 Å². The van der Waals surface area contributed by atoms with Crippen LogP contribution in [-0.4, -0.2) is 24.5 Å². The monoisotopic (exact) mass is 436 g/mol. The fraction of sp³-hybridized carbons (Fsp3) is 0.240. The maximum atomic E-state index is 10.9. The van der Waals surface area contributed by atoms with E-state index in [1.54, 1.807) is 13.2 Å². The predicted octanol–water partition coefficient (Wildman–Crippen LogP) is 5.68. The maximum Gasteiger partial charge on any atom is 0.162 e. The van der Waals surface area contributed by atoms with Crippen molar-refractivity contribution in [2.75, 3.05) is 13.7 Å². The molecule has 0 amide bonds. The van der Waals surface area contributed by atoms with E-state index < -0.39 is 0 Å². The van der Waals surface area contributed by atoms with E-state index >= 15 is 0 Å². The number of phenolic OH excluding ortho intramolecular Hbond substituents is 1. The number of hydrogen-bond donors (Lipinski definition) is 2. The largest absolute Gasteiger partial charge is 0.504 e. The molecular weight excluding hydrogens is 412 g/mol. The van der Waals surface area contributed by atoms with Crippen LogP contribution in [0.5, 0.6) is 17.2 Å². The van der Waals surface area contributed by atoms with Gasteiger partial charge in [0.25, 0.3) is 0 Å². The molecule has 0 fully saturated rings. The highest BCUT2D eigenvalue weighted by Crippen LogP contribution is 2.39. The van der Waals surface area contributed by atoms with Crippen LogP contribution in [-0.2, 0) is 0 Å². The number of nitrogens with one attached hydrogen (secondary N) is 1. The van der Waals surface area contributed by atoms with Crippen molar-refractivity contribution in [1.29, 1.82) is 0 Å². The van der Waals surface area contributed by atoms with Gasteiger partial charge in [-0.1, -0.05) is 54.1 Å². The van der Waals surface area contributed by atoms with Gasteiger partial charge in [-0.05, 0) is 36.8 Å². The lowest BCUT2D eigenvalue weighted by atomic mass is 9.93. The summed E-state index contributed by atoms with van der Waals surface area (Å²) in [4.78, 5) is 4.98. The Morgan fingerprint density at radius 1 is 1.06 bits per heavy atom. The van der Waals surface area contributed by atoms with Gasteiger partial charge in [-0.2, -0.15) is 0 Å². The van der Waals surface area contributed by atoms with E-state index in [0.717, 1.165) is 28.2 Å². The maximum absolute atomic E-state index is 10.9. The lowest BCUT2D eigenvalue weighted by Gasteiger charge is -2.31. The van der Waals surface area contributed by atoms with E-state index in [4.69, 9.17) is 26.1 Å². The summed E-state index contributed by atoms with van der Waals surface area (Å²) < 4.78 is 11.0. The zero-order valence-electron chi connectivity index (χ0n) is 17.5. The van der Waals surface area contributed by atoms with Gasteiger partial charge in [0.1, 0.15) is 11.9 Å². The van der Waals surface area contributed by atoms with Crippen molar-refractivity contribution in [2.24, 2.45) is 4.99 Å². The molecule has 1 heterocycles. The van der Waals surface area contributed by atoms with E-state index in [9.17, 15) is 5.11 Å². The van der Waals surface area contributed by atoms with E-state index in [1.165, 1.54) is 0 Å². The highest BCUT2D eigenvalue weighted by molar-refractivity contribution is 6.31. The normalized spacial score (nSPS) is 18.4. The van der Waals surface area contributed by atoms with Gasteiger partial charge in [0.2, 0.25) is 0 Å². The summed E-state index contributed by atoms with van der Waals surface area (Å²) in [5.41, 5.74) is 3.53. The Bertz CT molecular complexity index is 1100. The molecule has 5 nitrogen and oxygen atoms in total. The van der Waals surface area contributed by atoms with Crippen molar-refractivity contribution >= 4 is 17.3 Å². The first-order valence-electron chi connectivity index (χ1n) is 10.3. The number of methoxy groups -OCH3 is 1. The lowest BCUT2D eigenvalue weighted by molar-refractivity contribution is 0.313. The Hall–Kier alpha value is -3.02. The van der Waals surface area contributed by atoms with Gasteiger partial charge in [-0.25, -0.2) is 0 Å². The SMILES string of the molecule is CCOc1cccc(C2CC(c3cccc(OC)c3)=NC(c3ccccc3Cl)N2)c1O. The molecule has 4 rings (SSSR count). The number of hydrogen-bond acceptors (Lipinski definition) is 5. The molecule has 0 bridgehead atoms. The number of rotatable bonds is 6.